The van der Waals surface area contributed by atoms with E-state index in [2.05, 4.69) is 15.2 Å². The Bertz CT molecular complexity index is 869. The van der Waals surface area contributed by atoms with Gasteiger partial charge in [0.05, 0.1) is 26.0 Å². The summed E-state index contributed by atoms with van der Waals surface area (Å²) in [5.41, 5.74) is 3.03. The zero-order valence-corrected chi connectivity index (χ0v) is 18.3. The quantitative estimate of drug-likeness (QED) is 0.544. The average Bonchev–Trinajstić information content (AvgIpc) is 3.05. The third-order valence-corrected chi connectivity index (χ3v) is 6.18. The van der Waals surface area contributed by atoms with Gasteiger partial charge in [-0.15, -0.1) is 0 Å². The van der Waals surface area contributed by atoms with Gasteiger partial charge < -0.3 is 14.8 Å². The number of rotatable bonds is 7. The number of nitrogens with one attached hydrogen (secondary N) is 1. The number of benzene rings is 1. The van der Waals surface area contributed by atoms with Crippen molar-refractivity contribution in [3.05, 3.63) is 41.6 Å². The summed E-state index contributed by atoms with van der Waals surface area (Å²) in [5, 5.41) is 3.15. The van der Waals surface area contributed by atoms with Crippen LogP contribution in [0.15, 0.2) is 30.3 Å². The van der Waals surface area contributed by atoms with E-state index in [9.17, 15) is 4.79 Å². The predicted molar refractivity (Wildman–Crippen MR) is 119 cm³/mol. The van der Waals surface area contributed by atoms with Crippen molar-refractivity contribution in [2.24, 2.45) is 5.92 Å². The Balaban J connectivity index is 1.34. The molecule has 4 rings (SSSR count). The second kappa shape index (κ2) is 10.7. The van der Waals surface area contributed by atoms with Crippen molar-refractivity contribution in [3.8, 4) is 17.3 Å². The summed E-state index contributed by atoms with van der Waals surface area (Å²) >= 11 is 0. The van der Waals surface area contributed by atoms with Crippen LogP contribution in [0.4, 0.5) is 0 Å². The van der Waals surface area contributed by atoms with Gasteiger partial charge in [-0.25, -0.2) is 4.98 Å². The molecule has 7 nitrogen and oxygen atoms in total. The van der Waals surface area contributed by atoms with E-state index in [1.54, 1.807) is 7.11 Å². The molecule has 0 saturated carbocycles. The van der Waals surface area contributed by atoms with Crippen LogP contribution in [0, 0.1) is 5.92 Å². The van der Waals surface area contributed by atoms with Crippen LogP contribution in [0.25, 0.3) is 11.4 Å². The minimum absolute atomic E-state index is 0.00229. The highest BCUT2D eigenvalue weighted by Crippen LogP contribution is 2.31. The molecule has 2 aliphatic rings. The Hall–Kier alpha value is -2.51. The Morgan fingerprint density at radius 1 is 1.16 bits per heavy atom. The number of ether oxygens (including phenoxy) is 2. The molecular weight excluding hydrogens is 392 g/mol. The number of hydrogen-bond donors (Lipinski definition) is 1. The Morgan fingerprint density at radius 2 is 1.94 bits per heavy atom. The summed E-state index contributed by atoms with van der Waals surface area (Å²) in [4.78, 5) is 24.7. The Kier molecular flexibility index (Phi) is 7.48. The summed E-state index contributed by atoms with van der Waals surface area (Å²) < 4.78 is 11.0. The maximum atomic E-state index is 12.8. The maximum Gasteiger partial charge on any atom is 0.223 e. The summed E-state index contributed by atoms with van der Waals surface area (Å²) in [6.07, 6.45) is 4.10. The standard InChI is InChI=1S/C24H32N4O3/c1-30-24-20-10-8-19(23(29)25-12-5-13-28-14-16-31-17-15-28)9-11-21(20)26-22(27-24)18-6-3-2-4-7-18/h2-4,6-7,19H,5,8-17H2,1H3,(H,25,29). The van der Waals surface area contributed by atoms with Gasteiger partial charge in [-0.2, -0.15) is 4.98 Å². The maximum absolute atomic E-state index is 12.8. The van der Waals surface area contributed by atoms with E-state index in [4.69, 9.17) is 14.5 Å². The molecule has 1 aromatic heterocycles. The Morgan fingerprint density at radius 3 is 2.71 bits per heavy atom. The van der Waals surface area contributed by atoms with Crippen molar-refractivity contribution < 1.29 is 14.3 Å². The van der Waals surface area contributed by atoms with Crippen LogP contribution in [-0.2, 0) is 22.4 Å². The lowest BCUT2D eigenvalue weighted by molar-refractivity contribution is -0.125. The van der Waals surface area contributed by atoms with Gasteiger partial charge in [0.2, 0.25) is 11.8 Å². The number of nitrogens with zero attached hydrogens (tertiary/aromatic N) is 3. The van der Waals surface area contributed by atoms with Gasteiger partial charge >= 0.3 is 0 Å². The molecule has 0 radical (unpaired) electrons. The van der Waals surface area contributed by atoms with Crippen LogP contribution in [0.2, 0.25) is 0 Å². The first kappa shape index (κ1) is 21.7. The molecule has 1 fully saturated rings. The van der Waals surface area contributed by atoms with Crippen molar-refractivity contribution in [1.29, 1.82) is 0 Å². The van der Waals surface area contributed by atoms with Crippen LogP contribution in [-0.4, -0.2) is 67.3 Å². The van der Waals surface area contributed by atoms with E-state index in [0.717, 1.165) is 88.3 Å². The van der Waals surface area contributed by atoms with E-state index in [0.29, 0.717) is 11.7 Å². The van der Waals surface area contributed by atoms with Crippen molar-refractivity contribution in [2.45, 2.75) is 32.1 Å². The predicted octanol–water partition coefficient (Wildman–Crippen LogP) is 2.49. The summed E-state index contributed by atoms with van der Waals surface area (Å²) in [7, 11) is 1.65. The minimum Gasteiger partial charge on any atom is -0.481 e. The third-order valence-electron chi connectivity index (χ3n) is 6.18. The van der Waals surface area contributed by atoms with Crippen molar-refractivity contribution in [3.63, 3.8) is 0 Å². The molecule has 0 bridgehead atoms. The van der Waals surface area contributed by atoms with Crippen LogP contribution < -0.4 is 10.1 Å². The number of aromatic nitrogens is 2. The fourth-order valence-corrected chi connectivity index (χ4v) is 4.37. The van der Waals surface area contributed by atoms with E-state index in [1.807, 2.05) is 30.3 Å². The molecular formula is C24H32N4O3. The topological polar surface area (TPSA) is 76.6 Å². The molecule has 1 atom stereocenters. The SMILES string of the molecule is COc1nc(-c2ccccc2)nc2c1CCC(C(=O)NCCCN1CCOCC1)CC2. The van der Waals surface area contributed by atoms with Gasteiger partial charge in [-0.05, 0) is 38.6 Å². The second-order valence-corrected chi connectivity index (χ2v) is 8.22. The first-order valence-electron chi connectivity index (χ1n) is 11.3. The van der Waals surface area contributed by atoms with Gasteiger partial charge in [-0.3, -0.25) is 9.69 Å². The van der Waals surface area contributed by atoms with Gasteiger partial charge in [0.1, 0.15) is 0 Å². The highest BCUT2D eigenvalue weighted by molar-refractivity contribution is 5.78. The van der Waals surface area contributed by atoms with E-state index >= 15 is 0 Å². The van der Waals surface area contributed by atoms with E-state index < -0.39 is 0 Å². The van der Waals surface area contributed by atoms with Crippen LogP contribution in [0.1, 0.15) is 30.5 Å². The van der Waals surface area contributed by atoms with Crippen molar-refractivity contribution in [1.82, 2.24) is 20.2 Å². The normalized spacial score (nSPS) is 19.3. The van der Waals surface area contributed by atoms with Gasteiger partial charge in [0.15, 0.2) is 5.82 Å². The highest BCUT2D eigenvalue weighted by atomic mass is 16.5. The van der Waals surface area contributed by atoms with E-state index in [1.165, 1.54) is 0 Å². The number of fused-ring (bicyclic) bond motifs is 1. The largest absolute Gasteiger partial charge is 0.481 e. The van der Waals surface area contributed by atoms with Crippen LogP contribution in [0.5, 0.6) is 5.88 Å². The molecule has 2 aromatic rings. The summed E-state index contributed by atoms with van der Waals surface area (Å²) in [5.74, 6) is 1.48. The smallest absolute Gasteiger partial charge is 0.223 e. The van der Waals surface area contributed by atoms with Crippen molar-refractivity contribution in [2.75, 3.05) is 46.5 Å². The lowest BCUT2D eigenvalue weighted by Crippen LogP contribution is -2.38. The van der Waals surface area contributed by atoms with Gasteiger partial charge in [0, 0.05) is 36.7 Å². The molecule has 31 heavy (non-hydrogen) atoms. The molecule has 1 N–H and O–H groups in total. The first-order valence-corrected chi connectivity index (χ1v) is 11.3. The molecule has 0 spiro atoms. The van der Waals surface area contributed by atoms with Gasteiger partial charge in [0.25, 0.3) is 0 Å². The molecule has 1 aromatic carbocycles. The lowest BCUT2D eigenvalue weighted by Gasteiger charge is -2.26. The second-order valence-electron chi connectivity index (χ2n) is 8.22. The minimum atomic E-state index is 0.00229. The molecule has 7 heteroatoms. The number of amides is 1. The lowest BCUT2D eigenvalue weighted by atomic mass is 9.99. The molecule has 1 saturated heterocycles. The number of carbonyl (C=O) groups is 1. The summed E-state index contributed by atoms with van der Waals surface area (Å²) in [6, 6.07) is 9.96. The number of methoxy groups -OCH3 is 1. The van der Waals surface area contributed by atoms with E-state index in [-0.39, 0.29) is 11.8 Å². The number of carbonyl (C=O) groups excluding carboxylic acids is 1. The fourth-order valence-electron chi connectivity index (χ4n) is 4.37. The van der Waals surface area contributed by atoms with Crippen LogP contribution >= 0.6 is 0 Å². The molecule has 1 unspecified atom stereocenters. The monoisotopic (exact) mass is 424 g/mol. The highest BCUT2D eigenvalue weighted by Gasteiger charge is 2.26. The number of aryl methyl sites for hydroxylation is 1. The van der Waals surface area contributed by atoms with Crippen LogP contribution in [0.3, 0.4) is 0 Å². The molecule has 1 aliphatic heterocycles. The van der Waals surface area contributed by atoms with Crippen molar-refractivity contribution >= 4 is 5.91 Å². The van der Waals surface area contributed by atoms with Gasteiger partial charge in [-0.1, -0.05) is 30.3 Å². The first-order chi connectivity index (χ1) is 15.2. The molecule has 2 heterocycles. The fraction of sp³-hybridized carbons (Fsp3) is 0.542. The Labute approximate surface area is 184 Å². The zero-order chi connectivity index (χ0) is 21.5. The molecule has 1 aliphatic carbocycles. The molecule has 1 amide bonds. The number of hydrogen-bond acceptors (Lipinski definition) is 6. The number of morpholine rings is 1. The third kappa shape index (κ3) is 5.60. The summed E-state index contributed by atoms with van der Waals surface area (Å²) in [6.45, 7) is 5.34. The average molecular weight is 425 g/mol. The zero-order valence-electron chi connectivity index (χ0n) is 18.3. The molecule has 166 valence electrons.